The molecule has 54 heavy (non-hydrogen) atoms. The van der Waals surface area contributed by atoms with E-state index in [1.807, 2.05) is 0 Å². The molecule has 2 unspecified atom stereocenters. The Bertz CT molecular complexity index is 867. The fourth-order valence-corrected chi connectivity index (χ4v) is 7.74. The zero-order chi connectivity index (χ0) is 39.3. The predicted molar refractivity (Wildman–Crippen MR) is 223 cm³/mol. The van der Waals surface area contributed by atoms with E-state index in [1.165, 1.54) is 109 Å². The quantitative estimate of drug-likeness (QED) is 0.0374. The third kappa shape index (κ3) is 27.8. The molecule has 318 valence electrons. The molecule has 2 atom stereocenters. The van der Waals surface area contributed by atoms with Gasteiger partial charge in [-0.3, -0.25) is 4.79 Å². The van der Waals surface area contributed by atoms with E-state index in [0.717, 1.165) is 96.6 Å². The number of unbranched alkanes of at least 4 members (excludes halogenated alkanes) is 23. The van der Waals surface area contributed by atoms with Crippen LogP contribution >= 0.6 is 0 Å². The molecule has 8 nitrogen and oxygen atoms in total. The second-order valence-corrected chi connectivity index (χ2v) is 16.3. The lowest BCUT2D eigenvalue weighted by molar-refractivity contribution is -0.200. The molecule has 1 aliphatic heterocycles. The molecule has 0 aromatic carbocycles. The van der Waals surface area contributed by atoms with E-state index in [4.69, 9.17) is 14.2 Å². The number of carbonyl (C=O) groups is 3. The molecule has 1 N–H and O–H groups in total. The van der Waals surface area contributed by atoms with Crippen LogP contribution in [-0.2, 0) is 28.6 Å². The zero-order valence-electron chi connectivity index (χ0n) is 35.7. The van der Waals surface area contributed by atoms with Crippen molar-refractivity contribution in [1.82, 2.24) is 4.90 Å². The van der Waals surface area contributed by atoms with Crippen molar-refractivity contribution >= 4 is 17.9 Å². The number of esters is 3. The van der Waals surface area contributed by atoms with Crippen LogP contribution < -0.4 is 0 Å². The lowest BCUT2D eigenvalue weighted by Crippen LogP contribution is -2.47. The smallest absolute Gasteiger partial charge is 0.348 e. The van der Waals surface area contributed by atoms with Crippen molar-refractivity contribution in [2.24, 2.45) is 5.92 Å². The molecule has 1 heterocycles. The molecular weight excluding hydrogens is 679 g/mol. The van der Waals surface area contributed by atoms with E-state index in [1.54, 1.807) is 0 Å². The fraction of sp³-hybridized carbons (Fsp3) is 0.935. The minimum absolute atomic E-state index is 0.0564. The van der Waals surface area contributed by atoms with Crippen LogP contribution in [0.1, 0.15) is 226 Å². The van der Waals surface area contributed by atoms with Gasteiger partial charge in [0, 0.05) is 18.9 Å². The first kappa shape index (κ1) is 50.3. The average Bonchev–Trinajstić information content (AvgIpc) is 3.16. The Balaban J connectivity index is 2.23. The molecule has 1 rings (SSSR count). The molecule has 0 bridgehead atoms. The van der Waals surface area contributed by atoms with Crippen LogP contribution in [0.4, 0.5) is 0 Å². The van der Waals surface area contributed by atoms with E-state index < -0.39 is 12.2 Å². The van der Waals surface area contributed by atoms with Crippen LogP contribution in [0.15, 0.2) is 0 Å². The Kier molecular flexibility index (Phi) is 34.4. The summed E-state index contributed by atoms with van der Waals surface area (Å²) in [7, 11) is 0. The van der Waals surface area contributed by atoms with Gasteiger partial charge in [-0.1, -0.05) is 168 Å². The minimum Gasteiger partial charge on any atom is -0.466 e. The van der Waals surface area contributed by atoms with Crippen molar-refractivity contribution in [2.75, 3.05) is 32.8 Å². The first-order chi connectivity index (χ1) is 26.5. The van der Waals surface area contributed by atoms with Crippen molar-refractivity contribution in [3.05, 3.63) is 0 Å². The van der Waals surface area contributed by atoms with Gasteiger partial charge in [0.1, 0.15) is 0 Å². The summed E-state index contributed by atoms with van der Waals surface area (Å²) in [5.41, 5.74) is 0. The highest BCUT2D eigenvalue weighted by molar-refractivity contribution is 5.87. The van der Waals surface area contributed by atoms with Crippen LogP contribution in [0.5, 0.6) is 0 Å². The van der Waals surface area contributed by atoms with Crippen LogP contribution in [0.2, 0.25) is 0 Å². The lowest BCUT2D eigenvalue weighted by Gasteiger charge is -2.32. The number of aliphatic hydroxyl groups excluding tert-OH is 1. The summed E-state index contributed by atoms with van der Waals surface area (Å²) in [6, 6.07) is 0. The highest BCUT2D eigenvalue weighted by atomic mass is 16.6. The maximum atomic E-state index is 13.1. The summed E-state index contributed by atoms with van der Waals surface area (Å²) in [6.45, 7) is 9.84. The molecule has 0 saturated carbocycles. The number of nitrogens with zero attached hydrogens (tertiary/aromatic N) is 1. The first-order valence-electron chi connectivity index (χ1n) is 23.4. The highest BCUT2D eigenvalue weighted by Crippen LogP contribution is 2.29. The second kappa shape index (κ2) is 36.9. The third-order valence-corrected chi connectivity index (χ3v) is 11.3. The number of hydrogen-bond acceptors (Lipinski definition) is 8. The first-order valence-corrected chi connectivity index (χ1v) is 23.4. The van der Waals surface area contributed by atoms with Gasteiger partial charge in [0.15, 0.2) is 6.10 Å². The molecular formula is C46H87NO7. The van der Waals surface area contributed by atoms with Crippen LogP contribution in [0.25, 0.3) is 0 Å². The number of aliphatic hydroxyl groups is 1. The Hall–Kier alpha value is -1.67. The number of ether oxygens (including phenoxy) is 3. The van der Waals surface area contributed by atoms with Crippen molar-refractivity contribution < 1.29 is 33.7 Å². The van der Waals surface area contributed by atoms with Crippen LogP contribution in [-0.4, -0.2) is 73.0 Å². The van der Waals surface area contributed by atoms with E-state index >= 15 is 0 Å². The van der Waals surface area contributed by atoms with Gasteiger partial charge < -0.3 is 24.2 Å². The maximum Gasteiger partial charge on any atom is 0.348 e. The largest absolute Gasteiger partial charge is 0.466 e. The lowest BCUT2D eigenvalue weighted by atomic mass is 9.89. The number of hydrogen-bond donors (Lipinski definition) is 1. The topological polar surface area (TPSA) is 102 Å². The predicted octanol–water partition coefficient (Wildman–Crippen LogP) is 11.8. The van der Waals surface area contributed by atoms with Crippen molar-refractivity contribution in [2.45, 2.75) is 238 Å². The molecule has 0 aliphatic carbocycles. The van der Waals surface area contributed by atoms with Crippen molar-refractivity contribution in [1.29, 1.82) is 0 Å². The van der Waals surface area contributed by atoms with Gasteiger partial charge in [0.25, 0.3) is 0 Å². The van der Waals surface area contributed by atoms with Crippen LogP contribution in [0.3, 0.4) is 0 Å². The van der Waals surface area contributed by atoms with Crippen molar-refractivity contribution in [3.63, 3.8) is 0 Å². The van der Waals surface area contributed by atoms with E-state index in [2.05, 4.69) is 25.7 Å². The van der Waals surface area contributed by atoms with E-state index in [9.17, 15) is 19.5 Å². The number of rotatable bonds is 40. The standard InChI is InChI=1S/C46H87NO7/c1-4-7-10-13-16-17-18-24-31-40-52-43(49)35-28-30-37-47(38-39-48)36-29-23-19-22-27-34-42-45(50)54-44(46(51)53-42)41(32-25-20-14-11-8-5-2)33-26-21-15-12-9-6-3/h41-42,44,48H,4-40H2,1-3H3. The minimum atomic E-state index is -0.773. The SMILES string of the molecule is CCCCCCCCCCCOC(=O)CCCCN(CCO)CCCCCCCC1OC(=O)C(C(CCCCCCCC)CCCCCCCC)OC1=O. The van der Waals surface area contributed by atoms with Crippen LogP contribution in [0, 0.1) is 5.92 Å². The van der Waals surface area contributed by atoms with Gasteiger partial charge in [-0.2, -0.15) is 0 Å². The maximum absolute atomic E-state index is 13.1. The fourth-order valence-electron chi connectivity index (χ4n) is 7.74. The molecule has 0 aromatic rings. The van der Waals surface area contributed by atoms with Gasteiger partial charge in [-0.05, 0) is 64.5 Å². The Morgan fingerprint density at radius 1 is 0.574 bits per heavy atom. The zero-order valence-corrected chi connectivity index (χ0v) is 35.7. The molecule has 0 spiro atoms. The summed E-state index contributed by atoms with van der Waals surface area (Å²) in [4.78, 5) is 40.5. The van der Waals surface area contributed by atoms with Gasteiger partial charge in [0.05, 0.1) is 13.2 Å². The van der Waals surface area contributed by atoms with Gasteiger partial charge in [0.2, 0.25) is 6.10 Å². The Morgan fingerprint density at radius 2 is 1.04 bits per heavy atom. The van der Waals surface area contributed by atoms with E-state index in [0.29, 0.717) is 26.0 Å². The van der Waals surface area contributed by atoms with Gasteiger partial charge in [-0.25, -0.2) is 9.59 Å². The normalized spacial score (nSPS) is 16.0. The summed E-state index contributed by atoms with van der Waals surface area (Å²) in [6.07, 6.45) is 33.8. The highest BCUT2D eigenvalue weighted by Gasteiger charge is 2.41. The Labute approximate surface area is 333 Å². The van der Waals surface area contributed by atoms with Gasteiger partial charge in [-0.15, -0.1) is 0 Å². The third-order valence-electron chi connectivity index (χ3n) is 11.3. The summed E-state index contributed by atoms with van der Waals surface area (Å²) >= 11 is 0. The summed E-state index contributed by atoms with van der Waals surface area (Å²) < 4.78 is 17.0. The molecule has 1 saturated heterocycles. The molecule has 0 radical (unpaired) electrons. The van der Waals surface area contributed by atoms with Gasteiger partial charge >= 0.3 is 17.9 Å². The second-order valence-electron chi connectivity index (χ2n) is 16.3. The Morgan fingerprint density at radius 3 is 1.57 bits per heavy atom. The monoisotopic (exact) mass is 766 g/mol. The summed E-state index contributed by atoms with van der Waals surface area (Å²) in [5.74, 6) is -0.727. The van der Waals surface area contributed by atoms with E-state index in [-0.39, 0.29) is 30.4 Å². The summed E-state index contributed by atoms with van der Waals surface area (Å²) in [5, 5.41) is 9.55. The average molecular weight is 766 g/mol. The number of cyclic esters (lactones) is 2. The number of carbonyl (C=O) groups excluding carboxylic acids is 3. The molecule has 1 fully saturated rings. The molecule has 0 aromatic heterocycles. The molecule has 8 heteroatoms. The molecule has 0 amide bonds. The van der Waals surface area contributed by atoms with Crippen molar-refractivity contribution in [3.8, 4) is 0 Å². The molecule has 1 aliphatic rings.